The lowest BCUT2D eigenvalue weighted by Gasteiger charge is -2.26. The molecular formula is C22H29NO2. The van der Waals surface area contributed by atoms with Crippen molar-refractivity contribution in [3.05, 3.63) is 53.1 Å². The molecular weight excluding hydrogens is 310 g/mol. The summed E-state index contributed by atoms with van der Waals surface area (Å²) < 4.78 is 11.7. The third-order valence-electron chi connectivity index (χ3n) is 4.68. The molecule has 3 heteroatoms. The minimum atomic E-state index is -0.193. The van der Waals surface area contributed by atoms with Gasteiger partial charge in [0.25, 0.3) is 0 Å². The van der Waals surface area contributed by atoms with Crippen molar-refractivity contribution in [2.24, 2.45) is 0 Å². The van der Waals surface area contributed by atoms with Gasteiger partial charge in [0.05, 0.1) is 12.8 Å². The summed E-state index contributed by atoms with van der Waals surface area (Å²) in [6.45, 7) is 13.4. The van der Waals surface area contributed by atoms with Gasteiger partial charge in [-0.3, -0.25) is 0 Å². The average Bonchev–Trinajstić information content (AvgIpc) is 2.96. The van der Waals surface area contributed by atoms with E-state index in [4.69, 9.17) is 9.47 Å². The molecule has 2 aromatic carbocycles. The Morgan fingerprint density at radius 3 is 2.28 bits per heavy atom. The lowest BCUT2D eigenvalue weighted by atomic mass is 9.80. The predicted molar refractivity (Wildman–Crippen MR) is 104 cm³/mol. The van der Waals surface area contributed by atoms with Crippen molar-refractivity contribution < 1.29 is 9.47 Å². The first-order valence-corrected chi connectivity index (χ1v) is 8.86. The van der Waals surface area contributed by atoms with Crippen molar-refractivity contribution in [1.82, 2.24) is 0 Å². The second-order valence-corrected chi connectivity index (χ2v) is 8.82. The molecule has 0 spiro atoms. The molecule has 25 heavy (non-hydrogen) atoms. The summed E-state index contributed by atoms with van der Waals surface area (Å²) in [6.07, 6.45) is -0.193. The van der Waals surface area contributed by atoms with Crippen LogP contribution in [-0.2, 0) is 10.8 Å². The van der Waals surface area contributed by atoms with Crippen LogP contribution in [0.1, 0.15) is 64.5 Å². The van der Waals surface area contributed by atoms with Crippen LogP contribution in [0.2, 0.25) is 0 Å². The van der Waals surface area contributed by atoms with E-state index in [9.17, 15) is 0 Å². The highest BCUT2D eigenvalue weighted by Gasteiger charge is 2.32. The first-order chi connectivity index (χ1) is 11.6. The molecule has 1 unspecified atom stereocenters. The normalized spacial score (nSPS) is 16.8. The molecule has 1 aliphatic heterocycles. The van der Waals surface area contributed by atoms with E-state index in [1.54, 1.807) is 7.11 Å². The second kappa shape index (κ2) is 5.98. The van der Waals surface area contributed by atoms with Gasteiger partial charge < -0.3 is 14.8 Å². The van der Waals surface area contributed by atoms with Crippen LogP contribution in [0.15, 0.2) is 36.4 Å². The predicted octanol–water partition coefficient (Wildman–Crippen LogP) is 5.79. The molecule has 0 saturated carbocycles. The summed E-state index contributed by atoms with van der Waals surface area (Å²) in [5.74, 6) is 1.80. The van der Waals surface area contributed by atoms with E-state index in [-0.39, 0.29) is 17.1 Å². The Labute approximate surface area is 151 Å². The van der Waals surface area contributed by atoms with E-state index in [2.05, 4.69) is 65.1 Å². The first kappa shape index (κ1) is 17.7. The van der Waals surface area contributed by atoms with E-state index < -0.39 is 0 Å². The fourth-order valence-corrected chi connectivity index (χ4v) is 3.10. The summed E-state index contributed by atoms with van der Waals surface area (Å²) in [4.78, 5) is 0. The van der Waals surface area contributed by atoms with Gasteiger partial charge in [0.15, 0.2) is 6.23 Å². The zero-order chi connectivity index (χ0) is 18.4. The molecule has 0 bridgehead atoms. The molecule has 3 nitrogen and oxygen atoms in total. The molecule has 0 fully saturated rings. The van der Waals surface area contributed by atoms with E-state index in [1.807, 2.05) is 18.2 Å². The highest BCUT2D eigenvalue weighted by Crippen LogP contribution is 2.47. The lowest BCUT2D eigenvalue weighted by molar-refractivity contribution is 0.253. The van der Waals surface area contributed by atoms with Crippen LogP contribution in [0.5, 0.6) is 11.5 Å². The largest absolute Gasteiger partial charge is 0.497 e. The Bertz CT molecular complexity index is 782. The molecule has 0 saturated heterocycles. The Morgan fingerprint density at radius 2 is 1.68 bits per heavy atom. The maximum Gasteiger partial charge on any atom is 0.196 e. The molecule has 0 aromatic heterocycles. The van der Waals surface area contributed by atoms with Crippen molar-refractivity contribution in [3.8, 4) is 11.5 Å². The van der Waals surface area contributed by atoms with Crippen LogP contribution in [0.3, 0.4) is 0 Å². The van der Waals surface area contributed by atoms with Gasteiger partial charge in [0.2, 0.25) is 0 Å². The van der Waals surface area contributed by atoms with Crippen molar-refractivity contribution in [2.45, 2.75) is 58.6 Å². The number of benzene rings is 2. The standard InChI is InChI=1S/C22H29NO2/c1-21(2,3)15-12-17(22(4,5)6)19-18(13-15)23-20(25-19)14-9-8-10-16(11-14)24-7/h8-13,20,23H,1-7H3. The molecule has 0 radical (unpaired) electrons. The molecule has 2 aromatic rings. The highest BCUT2D eigenvalue weighted by molar-refractivity contribution is 5.68. The maximum atomic E-state index is 6.35. The molecule has 0 aliphatic carbocycles. The minimum absolute atomic E-state index is 0.0102. The van der Waals surface area contributed by atoms with E-state index in [0.29, 0.717) is 0 Å². The Morgan fingerprint density at radius 1 is 0.960 bits per heavy atom. The topological polar surface area (TPSA) is 30.5 Å². The van der Waals surface area contributed by atoms with Gasteiger partial charge in [-0.05, 0) is 34.6 Å². The van der Waals surface area contributed by atoms with Gasteiger partial charge in [-0.25, -0.2) is 0 Å². The summed E-state index contributed by atoms with van der Waals surface area (Å²) >= 11 is 0. The number of fused-ring (bicyclic) bond motifs is 1. The van der Waals surface area contributed by atoms with E-state index >= 15 is 0 Å². The van der Waals surface area contributed by atoms with Crippen LogP contribution < -0.4 is 14.8 Å². The fourth-order valence-electron chi connectivity index (χ4n) is 3.10. The van der Waals surface area contributed by atoms with Crippen molar-refractivity contribution in [2.75, 3.05) is 12.4 Å². The monoisotopic (exact) mass is 339 g/mol. The van der Waals surface area contributed by atoms with E-state index in [1.165, 1.54) is 11.1 Å². The van der Waals surface area contributed by atoms with Crippen LogP contribution in [0.25, 0.3) is 0 Å². The van der Waals surface area contributed by atoms with Gasteiger partial charge in [0.1, 0.15) is 11.5 Å². The number of anilines is 1. The highest BCUT2D eigenvalue weighted by atomic mass is 16.5. The average molecular weight is 339 g/mol. The van der Waals surface area contributed by atoms with Gasteiger partial charge in [-0.1, -0.05) is 59.7 Å². The zero-order valence-electron chi connectivity index (χ0n) is 16.4. The maximum absolute atomic E-state index is 6.35. The smallest absolute Gasteiger partial charge is 0.196 e. The quantitative estimate of drug-likeness (QED) is 0.751. The van der Waals surface area contributed by atoms with Crippen LogP contribution >= 0.6 is 0 Å². The Balaban J connectivity index is 2.04. The van der Waals surface area contributed by atoms with Gasteiger partial charge in [-0.2, -0.15) is 0 Å². The second-order valence-electron chi connectivity index (χ2n) is 8.82. The summed E-state index contributed by atoms with van der Waals surface area (Å²) in [5.41, 5.74) is 4.80. The number of nitrogens with one attached hydrogen (secondary N) is 1. The Kier molecular flexibility index (Phi) is 4.22. The SMILES string of the molecule is COc1cccc(C2Nc3cc(C(C)(C)C)cc(C(C)(C)C)c3O2)c1. The van der Waals surface area contributed by atoms with Crippen LogP contribution in [0, 0.1) is 0 Å². The first-order valence-electron chi connectivity index (χ1n) is 8.86. The third kappa shape index (κ3) is 3.46. The number of hydrogen-bond acceptors (Lipinski definition) is 3. The summed E-state index contributed by atoms with van der Waals surface area (Å²) in [6, 6.07) is 12.6. The number of methoxy groups -OCH3 is 1. The summed E-state index contributed by atoms with van der Waals surface area (Å²) in [5, 5.41) is 3.55. The molecule has 3 rings (SSSR count). The molecule has 134 valence electrons. The zero-order valence-corrected chi connectivity index (χ0v) is 16.4. The van der Waals surface area contributed by atoms with Gasteiger partial charge in [-0.15, -0.1) is 0 Å². The lowest BCUT2D eigenvalue weighted by Crippen LogP contribution is -2.17. The number of ether oxygens (including phenoxy) is 2. The molecule has 1 aliphatic rings. The van der Waals surface area contributed by atoms with Crippen molar-refractivity contribution in [1.29, 1.82) is 0 Å². The van der Waals surface area contributed by atoms with Crippen LogP contribution in [-0.4, -0.2) is 7.11 Å². The minimum Gasteiger partial charge on any atom is -0.497 e. The fraction of sp³-hybridized carbons (Fsp3) is 0.455. The summed E-state index contributed by atoms with van der Waals surface area (Å²) in [7, 11) is 1.68. The van der Waals surface area contributed by atoms with Gasteiger partial charge >= 0.3 is 0 Å². The molecule has 0 amide bonds. The Hall–Kier alpha value is -2.16. The number of hydrogen-bond donors (Lipinski definition) is 1. The van der Waals surface area contributed by atoms with Crippen molar-refractivity contribution in [3.63, 3.8) is 0 Å². The van der Waals surface area contributed by atoms with Crippen molar-refractivity contribution >= 4 is 5.69 Å². The van der Waals surface area contributed by atoms with Crippen LogP contribution in [0.4, 0.5) is 5.69 Å². The van der Waals surface area contributed by atoms with Gasteiger partial charge in [0, 0.05) is 11.1 Å². The van der Waals surface area contributed by atoms with E-state index in [0.717, 1.165) is 22.7 Å². The molecule has 1 atom stereocenters. The number of rotatable bonds is 2. The molecule has 1 heterocycles. The third-order valence-corrected chi connectivity index (χ3v) is 4.68. The molecule has 1 N–H and O–H groups in total.